The lowest BCUT2D eigenvalue weighted by atomic mass is 9.76. The van der Waals surface area contributed by atoms with Crippen LogP contribution in [0.1, 0.15) is 37.8 Å². The molecule has 0 aromatic heterocycles. The largest absolute Gasteiger partial charge is 0.481 e. The molecule has 9 heteroatoms. The molecule has 4 rings (SSSR count). The van der Waals surface area contributed by atoms with E-state index in [0.29, 0.717) is 17.9 Å². The second-order valence-corrected chi connectivity index (χ2v) is 8.52. The van der Waals surface area contributed by atoms with Crippen LogP contribution in [0.4, 0.5) is 11.4 Å². The third-order valence-electron chi connectivity index (χ3n) is 6.24. The number of fused-ring (bicyclic) bond motifs is 2. The van der Waals surface area contributed by atoms with E-state index in [9.17, 15) is 19.7 Å². The number of carboxylic acid groups (broad SMARTS) is 1. The van der Waals surface area contributed by atoms with Crippen LogP contribution in [0.15, 0.2) is 48.5 Å². The van der Waals surface area contributed by atoms with Gasteiger partial charge in [0, 0.05) is 23.4 Å². The summed E-state index contributed by atoms with van der Waals surface area (Å²) in [4.78, 5) is 35.3. The molecule has 172 valence electrons. The highest BCUT2D eigenvalue weighted by Gasteiger charge is 2.58. The van der Waals surface area contributed by atoms with Crippen LogP contribution in [0.25, 0.3) is 6.08 Å². The maximum Gasteiger partial charge on any atom is 0.306 e. The fourth-order valence-electron chi connectivity index (χ4n) is 4.52. The van der Waals surface area contributed by atoms with Crippen LogP contribution in [0.3, 0.4) is 0 Å². The smallest absolute Gasteiger partial charge is 0.306 e. The van der Waals surface area contributed by atoms with Crippen molar-refractivity contribution in [3.05, 3.63) is 69.8 Å². The Kier molecular flexibility index (Phi) is 5.57. The van der Waals surface area contributed by atoms with Crippen molar-refractivity contribution in [3.8, 4) is 5.75 Å². The molecule has 9 nitrogen and oxygen atoms in total. The van der Waals surface area contributed by atoms with Gasteiger partial charge in [-0.05, 0) is 43.7 Å². The minimum atomic E-state index is -1.05. The lowest BCUT2D eigenvalue weighted by Crippen LogP contribution is -2.60. The number of hydrogen-bond donors (Lipinski definition) is 1. The van der Waals surface area contributed by atoms with E-state index in [1.165, 1.54) is 12.1 Å². The van der Waals surface area contributed by atoms with Crippen LogP contribution in [-0.2, 0) is 19.7 Å². The zero-order chi connectivity index (χ0) is 23.8. The van der Waals surface area contributed by atoms with Gasteiger partial charge in [-0.2, -0.15) is 0 Å². The minimum absolute atomic E-state index is 0.0166. The fourth-order valence-corrected chi connectivity index (χ4v) is 4.52. The van der Waals surface area contributed by atoms with Crippen molar-refractivity contribution in [1.29, 1.82) is 0 Å². The van der Waals surface area contributed by atoms with Crippen molar-refractivity contribution in [2.75, 3.05) is 18.1 Å². The average Bonchev–Trinajstić information content (AvgIpc) is 2.96. The number of anilines is 1. The lowest BCUT2D eigenvalue weighted by Gasteiger charge is -2.47. The summed E-state index contributed by atoms with van der Waals surface area (Å²) >= 11 is 0. The minimum Gasteiger partial charge on any atom is -0.481 e. The number of nitro groups is 1. The summed E-state index contributed by atoms with van der Waals surface area (Å²) in [6.07, 6.45) is 3.25. The molecule has 0 fully saturated rings. The molecule has 1 spiro atoms. The molecular formula is C24H24N2O7. The molecule has 0 radical (unpaired) electrons. The van der Waals surface area contributed by atoms with Crippen molar-refractivity contribution in [2.24, 2.45) is 0 Å². The van der Waals surface area contributed by atoms with Crippen molar-refractivity contribution in [3.63, 3.8) is 0 Å². The Morgan fingerprint density at radius 2 is 1.94 bits per heavy atom. The highest BCUT2D eigenvalue weighted by molar-refractivity contribution is 5.77. The average molecular weight is 452 g/mol. The maximum absolute atomic E-state index is 11.9. The number of para-hydroxylation sites is 1. The van der Waals surface area contributed by atoms with Crippen LogP contribution < -0.4 is 9.64 Å². The number of benzene rings is 2. The molecule has 1 N–H and O–H groups in total. The number of hydrogen-bond acceptors (Lipinski definition) is 7. The molecule has 2 heterocycles. The number of carbonyl (C=O) groups is 2. The fraction of sp³-hybridized carbons (Fsp3) is 0.333. The first-order valence-corrected chi connectivity index (χ1v) is 10.6. The highest BCUT2D eigenvalue weighted by Crippen LogP contribution is 2.54. The molecule has 0 saturated carbocycles. The number of esters is 1. The third-order valence-corrected chi connectivity index (χ3v) is 6.24. The van der Waals surface area contributed by atoms with Crippen molar-refractivity contribution >= 4 is 29.4 Å². The van der Waals surface area contributed by atoms with E-state index in [1.807, 2.05) is 41.3 Å². The van der Waals surface area contributed by atoms with E-state index in [4.69, 9.17) is 14.6 Å². The molecule has 1 unspecified atom stereocenters. The van der Waals surface area contributed by atoms with Crippen LogP contribution >= 0.6 is 0 Å². The molecule has 2 aromatic carbocycles. The van der Waals surface area contributed by atoms with E-state index in [0.717, 1.165) is 11.3 Å². The number of nitro benzene ring substituents is 1. The predicted molar refractivity (Wildman–Crippen MR) is 120 cm³/mol. The number of aliphatic carboxylic acids is 1. The number of nitrogens with zero attached hydrogens (tertiary/aromatic N) is 2. The second-order valence-electron chi connectivity index (χ2n) is 8.52. The molecule has 0 bridgehead atoms. The van der Waals surface area contributed by atoms with Gasteiger partial charge in [-0.25, -0.2) is 0 Å². The number of carboxylic acids is 1. The Morgan fingerprint density at radius 3 is 2.67 bits per heavy atom. The molecule has 1 atom stereocenters. The molecule has 0 amide bonds. The lowest BCUT2D eigenvalue weighted by molar-refractivity contribution is -0.384. The molecule has 2 aliphatic rings. The Balaban J connectivity index is 1.64. The summed E-state index contributed by atoms with van der Waals surface area (Å²) in [6, 6.07) is 12.4. The first kappa shape index (κ1) is 22.3. The monoisotopic (exact) mass is 452 g/mol. The summed E-state index contributed by atoms with van der Waals surface area (Å²) in [5, 5.41) is 19.9. The zero-order valence-corrected chi connectivity index (χ0v) is 18.3. The van der Waals surface area contributed by atoms with Gasteiger partial charge in [-0.1, -0.05) is 18.2 Å². The van der Waals surface area contributed by atoms with Crippen LogP contribution in [0.2, 0.25) is 0 Å². The van der Waals surface area contributed by atoms with Gasteiger partial charge in [-0.15, -0.1) is 0 Å². The predicted octanol–water partition coefficient (Wildman–Crippen LogP) is 3.90. The summed E-state index contributed by atoms with van der Waals surface area (Å²) in [5.74, 6) is -1.11. The van der Waals surface area contributed by atoms with Gasteiger partial charge < -0.3 is 19.5 Å². The van der Waals surface area contributed by atoms with Gasteiger partial charge in [0.15, 0.2) is 0 Å². The first-order chi connectivity index (χ1) is 15.7. The number of carbonyl (C=O) groups excluding carboxylic acids is 1. The molecule has 2 aliphatic heterocycles. The summed E-state index contributed by atoms with van der Waals surface area (Å²) in [6.45, 7) is 4.48. The topological polar surface area (TPSA) is 119 Å². The summed E-state index contributed by atoms with van der Waals surface area (Å²) in [5.41, 5.74) is 1.12. The summed E-state index contributed by atoms with van der Waals surface area (Å²) < 4.78 is 11.8. The van der Waals surface area contributed by atoms with Gasteiger partial charge in [0.2, 0.25) is 5.72 Å². The van der Waals surface area contributed by atoms with E-state index in [-0.39, 0.29) is 25.1 Å². The number of non-ortho nitro benzene ring substituents is 1. The van der Waals surface area contributed by atoms with Gasteiger partial charge in [0.05, 0.1) is 29.7 Å². The summed E-state index contributed by atoms with van der Waals surface area (Å²) in [7, 11) is 0. The van der Waals surface area contributed by atoms with E-state index in [2.05, 4.69) is 13.8 Å². The molecule has 33 heavy (non-hydrogen) atoms. The molecular weight excluding hydrogens is 428 g/mol. The van der Waals surface area contributed by atoms with Crippen molar-refractivity contribution in [2.45, 2.75) is 37.8 Å². The maximum atomic E-state index is 11.9. The van der Waals surface area contributed by atoms with Gasteiger partial charge >= 0.3 is 11.9 Å². The molecule has 0 aliphatic carbocycles. The molecule has 0 saturated heterocycles. The third kappa shape index (κ3) is 3.79. The van der Waals surface area contributed by atoms with E-state index in [1.54, 1.807) is 6.07 Å². The second kappa shape index (κ2) is 8.23. The molecule has 2 aromatic rings. The van der Waals surface area contributed by atoms with E-state index >= 15 is 0 Å². The first-order valence-electron chi connectivity index (χ1n) is 10.6. The highest BCUT2D eigenvalue weighted by atomic mass is 16.6. The van der Waals surface area contributed by atoms with Crippen molar-refractivity contribution in [1.82, 2.24) is 0 Å². The van der Waals surface area contributed by atoms with Crippen LogP contribution in [-0.4, -0.2) is 40.8 Å². The Hall–Kier alpha value is -3.88. The number of ether oxygens (including phenoxy) is 2. The zero-order valence-electron chi connectivity index (χ0n) is 18.3. The van der Waals surface area contributed by atoms with Crippen molar-refractivity contribution < 1.29 is 29.1 Å². The van der Waals surface area contributed by atoms with E-state index < -0.39 is 28.0 Å². The van der Waals surface area contributed by atoms with Crippen LogP contribution in [0, 0.1) is 10.1 Å². The quantitative estimate of drug-likeness (QED) is 0.382. The Bertz CT molecular complexity index is 1160. The standard InChI is InChI=1S/C24H24N2O7/c1-23(2)18-5-3-4-6-19(18)25(13-14-32-22(29)10-9-21(27)28)24(23)12-11-16-15-17(26(30)31)7-8-20(16)33-24/h3-8,11-12,15H,9-10,13-14H2,1-2H3,(H,27,28). The van der Waals surface area contributed by atoms with Gasteiger partial charge in [-0.3, -0.25) is 19.7 Å². The Morgan fingerprint density at radius 1 is 1.18 bits per heavy atom. The number of rotatable bonds is 7. The van der Waals surface area contributed by atoms with Gasteiger partial charge in [0.1, 0.15) is 12.4 Å². The normalized spacial score (nSPS) is 19.5. The SMILES string of the molecule is CC1(C)c2ccccc2N(CCOC(=O)CCC(=O)O)C12C=Cc1cc([N+](=O)[O-])ccc1O2. The Labute approximate surface area is 190 Å². The van der Waals surface area contributed by atoms with Gasteiger partial charge in [0.25, 0.3) is 5.69 Å². The van der Waals surface area contributed by atoms with Crippen LogP contribution in [0.5, 0.6) is 5.75 Å².